The fourth-order valence-electron chi connectivity index (χ4n) is 1.39. The van der Waals surface area contributed by atoms with E-state index in [0.29, 0.717) is 0 Å². The number of rotatable bonds is 2. The van der Waals surface area contributed by atoms with Crippen LogP contribution in [-0.2, 0) is 23.8 Å². The van der Waals surface area contributed by atoms with Gasteiger partial charge in [-0.3, -0.25) is 9.59 Å². The maximum atomic E-state index is 10.7. The topological polar surface area (TPSA) is 82.1 Å². The van der Waals surface area contributed by atoms with E-state index in [-0.39, 0.29) is 13.0 Å². The van der Waals surface area contributed by atoms with Gasteiger partial charge in [-0.2, -0.15) is 0 Å². The molecule has 6 nitrogen and oxygen atoms in total. The molecule has 0 radical (unpaired) electrons. The molecule has 0 aromatic carbocycles. The Labute approximate surface area is 87.1 Å². The van der Waals surface area contributed by atoms with Crippen LogP contribution in [0.3, 0.4) is 0 Å². The van der Waals surface area contributed by atoms with Crippen molar-refractivity contribution in [3.8, 4) is 0 Å². The van der Waals surface area contributed by atoms with E-state index in [1.807, 2.05) is 0 Å². The molecule has 0 aromatic heterocycles. The summed E-state index contributed by atoms with van der Waals surface area (Å²) in [6.07, 6.45) is -2.16. The lowest BCUT2D eigenvalue weighted by Crippen LogP contribution is -2.44. The lowest BCUT2D eigenvalue weighted by Gasteiger charge is -2.31. The Morgan fingerprint density at radius 2 is 1.87 bits per heavy atom. The van der Waals surface area contributed by atoms with Gasteiger partial charge in [0.1, 0.15) is 6.10 Å². The second-order valence-corrected chi connectivity index (χ2v) is 3.34. The fourth-order valence-corrected chi connectivity index (χ4v) is 1.39. The zero-order valence-electron chi connectivity index (χ0n) is 8.63. The van der Waals surface area contributed by atoms with Crippen molar-refractivity contribution in [1.29, 1.82) is 0 Å². The standard InChI is InChI=1S/C9H14O6/c1-5(10)14-7-3-8(15-6(2)11)9(12)13-4-7/h7-9,12H,3-4H2,1-2H3. The first-order valence-electron chi connectivity index (χ1n) is 4.63. The minimum Gasteiger partial charge on any atom is -0.460 e. The lowest BCUT2D eigenvalue weighted by molar-refractivity contribution is -0.229. The fraction of sp³-hybridized carbons (Fsp3) is 0.778. The average molecular weight is 218 g/mol. The van der Waals surface area contributed by atoms with Crippen LogP contribution in [0.25, 0.3) is 0 Å². The van der Waals surface area contributed by atoms with Crippen LogP contribution in [0.1, 0.15) is 20.3 Å². The molecular formula is C9H14O6. The van der Waals surface area contributed by atoms with E-state index in [4.69, 9.17) is 14.2 Å². The van der Waals surface area contributed by atoms with Crippen LogP contribution in [0.2, 0.25) is 0 Å². The van der Waals surface area contributed by atoms with E-state index >= 15 is 0 Å². The first-order valence-corrected chi connectivity index (χ1v) is 4.63. The summed E-state index contributed by atoms with van der Waals surface area (Å²) in [6.45, 7) is 2.63. The Hall–Kier alpha value is -1.14. The summed E-state index contributed by atoms with van der Waals surface area (Å²) >= 11 is 0. The second kappa shape index (κ2) is 5.09. The minimum atomic E-state index is -1.15. The van der Waals surface area contributed by atoms with E-state index in [1.165, 1.54) is 13.8 Å². The van der Waals surface area contributed by atoms with Crippen LogP contribution in [0.15, 0.2) is 0 Å². The molecule has 1 N–H and O–H groups in total. The van der Waals surface area contributed by atoms with E-state index < -0.39 is 30.4 Å². The number of aliphatic hydroxyl groups excluding tert-OH is 1. The van der Waals surface area contributed by atoms with Gasteiger partial charge in [0, 0.05) is 20.3 Å². The molecule has 1 aliphatic rings. The highest BCUT2D eigenvalue weighted by Crippen LogP contribution is 2.18. The SMILES string of the molecule is CC(=O)OC1COC(O)C(OC(C)=O)C1. The Morgan fingerprint density at radius 3 is 2.40 bits per heavy atom. The van der Waals surface area contributed by atoms with Gasteiger partial charge in [-0.1, -0.05) is 0 Å². The highest BCUT2D eigenvalue weighted by molar-refractivity contribution is 5.66. The molecule has 1 aliphatic heterocycles. The van der Waals surface area contributed by atoms with Gasteiger partial charge in [-0.05, 0) is 0 Å². The molecule has 6 heteroatoms. The van der Waals surface area contributed by atoms with Crippen LogP contribution in [-0.4, -0.2) is 42.1 Å². The molecule has 1 rings (SSSR count). The predicted octanol–water partition coefficient (Wildman–Crippen LogP) is -0.412. The van der Waals surface area contributed by atoms with Crippen molar-refractivity contribution in [2.24, 2.45) is 0 Å². The molecule has 1 fully saturated rings. The van der Waals surface area contributed by atoms with Crippen LogP contribution in [0.5, 0.6) is 0 Å². The van der Waals surface area contributed by atoms with Crippen LogP contribution < -0.4 is 0 Å². The predicted molar refractivity (Wildman–Crippen MR) is 47.7 cm³/mol. The van der Waals surface area contributed by atoms with E-state index in [0.717, 1.165) is 0 Å². The molecule has 0 bridgehead atoms. The summed E-state index contributed by atoms with van der Waals surface area (Å²) in [4.78, 5) is 21.4. The minimum absolute atomic E-state index is 0.110. The van der Waals surface area contributed by atoms with Crippen LogP contribution >= 0.6 is 0 Å². The first-order chi connectivity index (χ1) is 6.99. The molecule has 86 valence electrons. The number of esters is 2. The normalized spacial score (nSPS) is 30.7. The van der Waals surface area contributed by atoms with Gasteiger partial charge in [-0.25, -0.2) is 0 Å². The highest BCUT2D eigenvalue weighted by Gasteiger charge is 2.33. The number of hydrogen-bond donors (Lipinski definition) is 1. The molecular weight excluding hydrogens is 204 g/mol. The molecule has 0 spiro atoms. The highest BCUT2D eigenvalue weighted by atomic mass is 16.7. The zero-order chi connectivity index (χ0) is 11.4. The number of carbonyl (C=O) groups excluding carboxylic acids is 2. The largest absolute Gasteiger partial charge is 0.460 e. The monoisotopic (exact) mass is 218 g/mol. The van der Waals surface area contributed by atoms with E-state index in [2.05, 4.69) is 0 Å². The van der Waals surface area contributed by atoms with Crippen molar-refractivity contribution in [3.63, 3.8) is 0 Å². The first kappa shape index (κ1) is 11.9. The number of carbonyl (C=O) groups is 2. The number of hydrogen-bond acceptors (Lipinski definition) is 6. The maximum absolute atomic E-state index is 10.7. The Kier molecular flexibility index (Phi) is 4.05. The summed E-state index contributed by atoms with van der Waals surface area (Å²) in [6, 6.07) is 0. The zero-order valence-corrected chi connectivity index (χ0v) is 8.63. The molecule has 3 unspecified atom stereocenters. The Bertz CT molecular complexity index is 251. The summed E-state index contributed by atoms with van der Waals surface area (Å²) < 4.78 is 14.6. The van der Waals surface area contributed by atoms with Crippen molar-refractivity contribution in [2.75, 3.05) is 6.61 Å². The number of aliphatic hydroxyl groups is 1. The second-order valence-electron chi connectivity index (χ2n) is 3.34. The van der Waals surface area contributed by atoms with Gasteiger partial charge < -0.3 is 19.3 Å². The van der Waals surface area contributed by atoms with Crippen molar-refractivity contribution in [3.05, 3.63) is 0 Å². The van der Waals surface area contributed by atoms with Crippen LogP contribution in [0.4, 0.5) is 0 Å². The summed E-state index contributed by atoms with van der Waals surface area (Å²) in [7, 11) is 0. The van der Waals surface area contributed by atoms with Gasteiger partial charge in [0.05, 0.1) is 6.61 Å². The molecule has 15 heavy (non-hydrogen) atoms. The summed E-state index contributed by atoms with van der Waals surface area (Å²) in [5, 5.41) is 9.33. The summed E-state index contributed by atoms with van der Waals surface area (Å²) in [5.74, 6) is -0.937. The molecule has 0 aromatic rings. The van der Waals surface area contributed by atoms with E-state index in [9.17, 15) is 14.7 Å². The van der Waals surface area contributed by atoms with E-state index in [1.54, 1.807) is 0 Å². The molecule has 0 saturated carbocycles. The van der Waals surface area contributed by atoms with Crippen molar-refractivity contribution in [1.82, 2.24) is 0 Å². The van der Waals surface area contributed by atoms with Gasteiger partial charge in [0.25, 0.3) is 0 Å². The van der Waals surface area contributed by atoms with Crippen molar-refractivity contribution < 1.29 is 28.9 Å². The molecule has 1 heterocycles. The number of ether oxygens (including phenoxy) is 3. The molecule has 3 atom stereocenters. The van der Waals surface area contributed by atoms with Crippen LogP contribution in [0, 0.1) is 0 Å². The quantitative estimate of drug-likeness (QED) is 0.634. The lowest BCUT2D eigenvalue weighted by atomic mass is 10.1. The van der Waals surface area contributed by atoms with Gasteiger partial charge >= 0.3 is 11.9 Å². The third-order valence-corrected chi connectivity index (χ3v) is 1.92. The third-order valence-electron chi connectivity index (χ3n) is 1.92. The van der Waals surface area contributed by atoms with Gasteiger partial charge in [0.2, 0.25) is 0 Å². The van der Waals surface area contributed by atoms with Crippen molar-refractivity contribution >= 4 is 11.9 Å². The Balaban J connectivity index is 2.47. The summed E-state index contributed by atoms with van der Waals surface area (Å²) in [5.41, 5.74) is 0. The maximum Gasteiger partial charge on any atom is 0.303 e. The molecule has 0 amide bonds. The van der Waals surface area contributed by atoms with Gasteiger partial charge in [0.15, 0.2) is 12.4 Å². The third kappa shape index (κ3) is 3.85. The molecule has 1 saturated heterocycles. The average Bonchev–Trinajstić information content (AvgIpc) is 2.09. The van der Waals surface area contributed by atoms with Crippen molar-refractivity contribution in [2.45, 2.75) is 38.8 Å². The Morgan fingerprint density at radius 1 is 1.27 bits per heavy atom. The molecule has 0 aliphatic carbocycles. The smallest absolute Gasteiger partial charge is 0.303 e. The van der Waals surface area contributed by atoms with Gasteiger partial charge in [-0.15, -0.1) is 0 Å².